The Morgan fingerprint density at radius 1 is 1.29 bits per heavy atom. The third kappa shape index (κ3) is 4.44. The van der Waals surface area contributed by atoms with Crippen LogP contribution in [-0.4, -0.2) is 32.6 Å². The molecule has 0 fully saturated rings. The number of carboxylic acids is 1. The molecule has 116 valence electrons. The minimum atomic E-state index is -3.51. The fourth-order valence-electron chi connectivity index (χ4n) is 2.20. The van der Waals surface area contributed by atoms with Crippen LogP contribution >= 0.6 is 0 Å². The normalized spacial score (nSPS) is 13.7. The maximum atomic E-state index is 12.1. The summed E-state index contributed by atoms with van der Waals surface area (Å²) in [6, 6.07) is 4.87. The van der Waals surface area contributed by atoms with Gasteiger partial charge in [0.2, 0.25) is 10.0 Å². The number of unbranched alkanes of at least 4 members (excludes halogenated alkanes) is 2. The molecule has 0 amide bonds. The number of ether oxygens (including phenoxy) is 1. The third-order valence-electron chi connectivity index (χ3n) is 3.33. The maximum Gasteiger partial charge on any atom is 0.303 e. The van der Waals surface area contributed by atoms with Crippen molar-refractivity contribution in [1.82, 2.24) is 4.72 Å². The van der Waals surface area contributed by atoms with Crippen molar-refractivity contribution in [3.63, 3.8) is 0 Å². The van der Waals surface area contributed by atoms with Crippen LogP contribution in [0.5, 0.6) is 5.75 Å². The molecule has 1 aliphatic heterocycles. The number of sulfonamides is 1. The Kier molecular flexibility index (Phi) is 5.19. The summed E-state index contributed by atoms with van der Waals surface area (Å²) in [6.45, 7) is 0.908. The zero-order valence-electron chi connectivity index (χ0n) is 11.7. The van der Waals surface area contributed by atoms with Crippen molar-refractivity contribution in [3.05, 3.63) is 23.8 Å². The van der Waals surface area contributed by atoms with Crippen LogP contribution in [0.25, 0.3) is 0 Å². The van der Waals surface area contributed by atoms with E-state index in [0.29, 0.717) is 32.4 Å². The van der Waals surface area contributed by atoms with Crippen molar-refractivity contribution >= 4 is 16.0 Å². The standard InChI is InChI=1S/C14H19NO5S/c16-14(17)4-2-1-3-8-15-21(18,19)12-5-6-13-11(10-12)7-9-20-13/h5-6,10,15H,1-4,7-9H2,(H,16,17). The second-order valence-electron chi connectivity index (χ2n) is 4.97. The second-order valence-corrected chi connectivity index (χ2v) is 6.74. The molecule has 0 bridgehead atoms. The summed E-state index contributed by atoms with van der Waals surface area (Å²) >= 11 is 0. The van der Waals surface area contributed by atoms with Crippen LogP contribution in [0.4, 0.5) is 0 Å². The summed E-state index contributed by atoms with van der Waals surface area (Å²) in [6.07, 6.45) is 2.73. The number of hydrogen-bond acceptors (Lipinski definition) is 4. The monoisotopic (exact) mass is 313 g/mol. The van der Waals surface area contributed by atoms with Gasteiger partial charge in [-0.1, -0.05) is 6.42 Å². The quantitative estimate of drug-likeness (QED) is 0.710. The number of benzene rings is 1. The molecule has 0 atom stereocenters. The molecule has 0 aromatic heterocycles. The van der Waals surface area contributed by atoms with Crippen molar-refractivity contribution in [2.45, 2.75) is 37.0 Å². The van der Waals surface area contributed by atoms with E-state index in [1.165, 1.54) is 6.07 Å². The lowest BCUT2D eigenvalue weighted by Gasteiger charge is -2.08. The number of aliphatic carboxylic acids is 1. The summed E-state index contributed by atoms with van der Waals surface area (Å²) in [5.74, 6) is -0.0708. The Morgan fingerprint density at radius 3 is 2.86 bits per heavy atom. The van der Waals surface area contributed by atoms with Gasteiger partial charge < -0.3 is 9.84 Å². The lowest BCUT2D eigenvalue weighted by atomic mass is 10.2. The highest BCUT2D eigenvalue weighted by molar-refractivity contribution is 7.89. The van der Waals surface area contributed by atoms with Crippen LogP contribution in [-0.2, 0) is 21.2 Å². The first-order valence-corrected chi connectivity index (χ1v) is 8.44. The van der Waals surface area contributed by atoms with Gasteiger partial charge in [-0.25, -0.2) is 13.1 Å². The van der Waals surface area contributed by atoms with E-state index in [0.717, 1.165) is 17.7 Å². The van der Waals surface area contributed by atoms with Gasteiger partial charge in [0.05, 0.1) is 11.5 Å². The van der Waals surface area contributed by atoms with Gasteiger partial charge in [0.1, 0.15) is 5.75 Å². The molecule has 0 spiro atoms. The van der Waals surface area contributed by atoms with Gasteiger partial charge in [0, 0.05) is 19.4 Å². The van der Waals surface area contributed by atoms with Gasteiger partial charge in [-0.2, -0.15) is 0 Å². The molecule has 6 nitrogen and oxygen atoms in total. The van der Waals surface area contributed by atoms with Crippen molar-refractivity contribution in [2.75, 3.05) is 13.2 Å². The molecule has 2 N–H and O–H groups in total. The van der Waals surface area contributed by atoms with E-state index in [1.54, 1.807) is 12.1 Å². The van der Waals surface area contributed by atoms with Crippen LogP contribution in [0.2, 0.25) is 0 Å². The summed E-state index contributed by atoms with van der Waals surface area (Å²) in [5, 5.41) is 8.50. The lowest BCUT2D eigenvalue weighted by Crippen LogP contribution is -2.24. The number of hydrogen-bond donors (Lipinski definition) is 2. The van der Waals surface area contributed by atoms with Gasteiger partial charge in [-0.3, -0.25) is 4.79 Å². The topological polar surface area (TPSA) is 92.7 Å². The molecule has 1 aromatic carbocycles. The van der Waals surface area contributed by atoms with Crippen LogP contribution in [0, 0.1) is 0 Å². The SMILES string of the molecule is O=C(O)CCCCCNS(=O)(=O)c1ccc2c(c1)CCO2. The maximum absolute atomic E-state index is 12.1. The summed E-state index contributed by atoms with van der Waals surface area (Å²) < 4.78 is 32.1. The number of carboxylic acid groups (broad SMARTS) is 1. The highest BCUT2D eigenvalue weighted by atomic mass is 32.2. The fourth-order valence-corrected chi connectivity index (χ4v) is 3.32. The minimum absolute atomic E-state index is 0.123. The van der Waals surface area contributed by atoms with Crippen LogP contribution in [0.15, 0.2) is 23.1 Å². The molecule has 0 saturated heterocycles. The Balaban J connectivity index is 1.83. The largest absolute Gasteiger partial charge is 0.493 e. The van der Waals surface area contributed by atoms with Crippen molar-refractivity contribution in [2.24, 2.45) is 0 Å². The van der Waals surface area contributed by atoms with Gasteiger partial charge in [0.15, 0.2) is 0 Å². The summed E-state index contributed by atoms with van der Waals surface area (Å²) in [4.78, 5) is 10.6. The van der Waals surface area contributed by atoms with Gasteiger partial charge >= 0.3 is 5.97 Å². The van der Waals surface area contributed by atoms with Gasteiger partial charge in [0.25, 0.3) is 0 Å². The molecule has 2 rings (SSSR count). The fraction of sp³-hybridized carbons (Fsp3) is 0.500. The van der Waals surface area contributed by atoms with E-state index in [2.05, 4.69) is 4.72 Å². The summed E-state index contributed by atoms with van der Waals surface area (Å²) in [5.41, 5.74) is 0.916. The van der Waals surface area contributed by atoms with Gasteiger partial charge in [-0.15, -0.1) is 0 Å². The van der Waals surface area contributed by atoms with Crippen molar-refractivity contribution < 1.29 is 23.1 Å². The highest BCUT2D eigenvalue weighted by Crippen LogP contribution is 2.27. The Morgan fingerprint density at radius 2 is 2.10 bits per heavy atom. The molecule has 1 aromatic rings. The zero-order chi connectivity index (χ0) is 15.3. The molecular formula is C14H19NO5S. The van der Waals surface area contributed by atoms with E-state index in [1.807, 2.05) is 0 Å². The lowest BCUT2D eigenvalue weighted by molar-refractivity contribution is -0.137. The number of nitrogens with one attached hydrogen (secondary N) is 1. The Labute approximate surface area is 124 Å². The molecule has 0 unspecified atom stereocenters. The molecule has 1 heterocycles. The minimum Gasteiger partial charge on any atom is -0.493 e. The molecule has 1 aliphatic rings. The number of rotatable bonds is 8. The van der Waals surface area contributed by atoms with Crippen molar-refractivity contribution in [3.8, 4) is 5.75 Å². The van der Waals surface area contributed by atoms with E-state index in [4.69, 9.17) is 9.84 Å². The van der Waals surface area contributed by atoms with E-state index < -0.39 is 16.0 Å². The smallest absolute Gasteiger partial charge is 0.303 e. The second kappa shape index (κ2) is 6.91. The molecule has 0 radical (unpaired) electrons. The molecule has 21 heavy (non-hydrogen) atoms. The predicted molar refractivity (Wildman–Crippen MR) is 76.9 cm³/mol. The highest BCUT2D eigenvalue weighted by Gasteiger charge is 2.18. The van der Waals surface area contributed by atoms with Gasteiger partial charge in [-0.05, 0) is 36.6 Å². The third-order valence-corrected chi connectivity index (χ3v) is 4.79. The predicted octanol–water partition coefficient (Wildman–Crippen LogP) is 1.54. The molecule has 7 heteroatoms. The van der Waals surface area contributed by atoms with E-state index >= 15 is 0 Å². The first kappa shape index (κ1) is 15.8. The average molecular weight is 313 g/mol. The molecule has 0 saturated carbocycles. The van der Waals surface area contributed by atoms with E-state index in [9.17, 15) is 13.2 Å². The van der Waals surface area contributed by atoms with Crippen LogP contribution < -0.4 is 9.46 Å². The van der Waals surface area contributed by atoms with E-state index in [-0.39, 0.29) is 11.3 Å². The van der Waals surface area contributed by atoms with Crippen molar-refractivity contribution in [1.29, 1.82) is 0 Å². The number of fused-ring (bicyclic) bond motifs is 1. The Hall–Kier alpha value is -1.60. The number of carbonyl (C=O) groups is 1. The Bertz CT molecular complexity index is 612. The summed E-state index contributed by atoms with van der Waals surface area (Å²) in [7, 11) is -3.51. The molecule has 0 aliphatic carbocycles. The molecular weight excluding hydrogens is 294 g/mol. The first-order chi connectivity index (χ1) is 9.99. The van der Waals surface area contributed by atoms with Crippen LogP contribution in [0.1, 0.15) is 31.2 Å². The zero-order valence-corrected chi connectivity index (χ0v) is 12.5. The van der Waals surface area contributed by atoms with Crippen LogP contribution in [0.3, 0.4) is 0 Å². The first-order valence-electron chi connectivity index (χ1n) is 6.96. The average Bonchev–Trinajstić information content (AvgIpc) is 2.89.